The molecular formula is C13H17NO3. The summed E-state index contributed by atoms with van der Waals surface area (Å²) in [6.07, 6.45) is 8.33. The van der Waals surface area contributed by atoms with Crippen molar-refractivity contribution >= 4 is 12.2 Å². The number of allylic oxidation sites excluding steroid dienone is 1. The topological polar surface area (TPSA) is 47.9 Å². The first-order chi connectivity index (χ1) is 8.17. The van der Waals surface area contributed by atoms with Crippen molar-refractivity contribution in [2.24, 2.45) is 4.99 Å². The summed E-state index contributed by atoms with van der Waals surface area (Å²) >= 11 is 0. The first kappa shape index (κ1) is 13.4. The molecule has 92 valence electrons. The second-order valence-electron chi connectivity index (χ2n) is 3.55. The minimum atomic E-state index is -0.432. The Morgan fingerprint density at radius 1 is 1.71 bits per heavy atom. The molecule has 0 radical (unpaired) electrons. The molecule has 0 aromatic rings. The molecular weight excluding hydrogens is 218 g/mol. The van der Waals surface area contributed by atoms with Crippen LogP contribution in [0.1, 0.15) is 13.8 Å². The normalized spacial score (nSPS) is 24.0. The van der Waals surface area contributed by atoms with Crippen molar-refractivity contribution < 1.29 is 14.3 Å². The number of carbonyl (C=O) groups excluding carboxylic acids is 1. The van der Waals surface area contributed by atoms with Crippen molar-refractivity contribution in [3.8, 4) is 0 Å². The van der Waals surface area contributed by atoms with Gasteiger partial charge >= 0.3 is 5.97 Å². The lowest BCUT2D eigenvalue weighted by Gasteiger charge is -2.16. The summed E-state index contributed by atoms with van der Waals surface area (Å²) in [7, 11) is 0. The van der Waals surface area contributed by atoms with Crippen LogP contribution in [0.2, 0.25) is 0 Å². The van der Waals surface area contributed by atoms with E-state index < -0.39 is 5.97 Å². The molecule has 0 spiro atoms. The van der Waals surface area contributed by atoms with Crippen molar-refractivity contribution in [3.05, 3.63) is 36.6 Å². The highest BCUT2D eigenvalue weighted by Crippen LogP contribution is 2.14. The van der Waals surface area contributed by atoms with E-state index in [0.29, 0.717) is 12.4 Å². The van der Waals surface area contributed by atoms with Crippen LogP contribution in [0, 0.1) is 0 Å². The van der Waals surface area contributed by atoms with E-state index >= 15 is 0 Å². The van der Waals surface area contributed by atoms with E-state index in [1.54, 1.807) is 12.2 Å². The number of hydrogen-bond donors (Lipinski definition) is 0. The fourth-order valence-electron chi connectivity index (χ4n) is 1.33. The number of nitrogens with zero attached hydrogens (tertiary/aromatic N) is 1. The predicted molar refractivity (Wildman–Crippen MR) is 66.9 cm³/mol. The van der Waals surface area contributed by atoms with Gasteiger partial charge in [-0.1, -0.05) is 18.2 Å². The molecule has 0 saturated carbocycles. The Morgan fingerprint density at radius 2 is 2.47 bits per heavy atom. The Morgan fingerprint density at radius 3 is 3.12 bits per heavy atom. The largest absolute Gasteiger partial charge is 0.424 e. The highest BCUT2D eigenvalue weighted by molar-refractivity contribution is 6.24. The van der Waals surface area contributed by atoms with Gasteiger partial charge in [-0.2, -0.15) is 0 Å². The molecule has 17 heavy (non-hydrogen) atoms. The third kappa shape index (κ3) is 4.36. The maximum atomic E-state index is 11.0. The molecule has 0 fully saturated rings. The van der Waals surface area contributed by atoms with E-state index in [1.165, 1.54) is 6.21 Å². The average molecular weight is 235 g/mol. The van der Waals surface area contributed by atoms with Gasteiger partial charge in [-0.3, -0.25) is 4.99 Å². The van der Waals surface area contributed by atoms with Crippen LogP contribution >= 0.6 is 0 Å². The third-order valence-corrected chi connectivity index (χ3v) is 2.18. The van der Waals surface area contributed by atoms with Gasteiger partial charge in [0.1, 0.15) is 18.0 Å². The molecule has 2 unspecified atom stereocenters. The first-order valence-corrected chi connectivity index (χ1v) is 5.49. The number of carbonyl (C=O) groups is 1. The van der Waals surface area contributed by atoms with Crippen LogP contribution in [0.5, 0.6) is 0 Å². The Labute approximate surface area is 101 Å². The smallest absolute Gasteiger partial charge is 0.354 e. The quantitative estimate of drug-likeness (QED) is 0.541. The highest BCUT2D eigenvalue weighted by atomic mass is 16.5. The van der Waals surface area contributed by atoms with E-state index in [4.69, 9.17) is 9.47 Å². The third-order valence-electron chi connectivity index (χ3n) is 2.18. The summed E-state index contributed by atoms with van der Waals surface area (Å²) in [4.78, 5) is 15.1. The predicted octanol–water partition coefficient (Wildman–Crippen LogP) is 2.03. The Bertz CT molecular complexity index is 369. The van der Waals surface area contributed by atoms with Crippen LogP contribution in [-0.2, 0) is 14.3 Å². The van der Waals surface area contributed by atoms with E-state index in [1.807, 2.05) is 26.0 Å². The summed E-state index contributed by atoms with van der Waals surface area (Å²) < 4.78 is 10.4. The minimum absolute atomic E-state index is 0.0288. The molecule has 1 aliphatic heterocycles. The molecule has 0 N–H and O–H groups in total. The van der Waals surface area contributed by atoms with E-state index in [-0.39, 0.29) is 12.1 Å². The SMILES string of the molecule is C=CCOC(C)/C=C\C1N=CC(=O)O/C1=C/C. The summed E-state index contributed by atoms with van der Waals surface area (Å²) in [5, 5.41) is 0. The van der Waals surface area contributed by atoms with Gasteiger partial charge in [-0.15, -0.1) is 6.58 Å². The van der Waals surface area contributed by atoms with Crippen LogP contribution in [0.25, 0.3) is 0 Å². The average Bonchev–Trinajstić information content (AvgIpc) is 2.34. The fourth-order valence-corrected chi connectivity index (χ4v) is 1.33. The number of aliphatic imine (C=N–C) groups is 1. The van der Waals surface area contributed by atoms with Gasteiger partial charge in [0.15, 0.2) is 0 Å². The van der Waals surface area contributed by atoms with Crippen LogP contribution in [0.15, 0.2) is 41.6 Å². The van der Waals surface area contributed by atoms with Crippen molar-refractivity contribution in [2.45, 2.75) is 26.0 Å². The summed E-state index contributed by atoms with van der Waals surface area (Å²) in [6, 6.07) is -0.243. The van der Waals surface area contributed by atoms with Crippen molar-refractivity contribution in [2.75, 3.05) is 6.61 Å². The molecule has 0 aromatic heterocycles. The van der Waals surface area contributed by atoms with E-state index in [0.717, 1.165) is 0 Å². The maximum Gasteiger partial charge on any atom is 0.354 e. The van der Waals surface area contributed by atoms with Gasteiger partial charge < -0.3 is 9.47 Å². The Balaban J connectivity index is 2.60. The van der Waals surface area contributed by atoms with Crippen molar-refractivity contribution in [3.63, 3.8) is 0 Å². The summed E-state index contributed by atoms with van der Waals surface area (Å²) in [6.45, 7) is 7.81. The van der Waals surface area contributed by atoms with Crippen LogP contribution in [0.4, 0.5) is 0 Å². The van der Waals surface area contributed by atoms with Gasteiger partial charge in [0.2, 0.25) is 0 Å². The molecule has 4 nitrogen and oxygen atoms in total. The number of cyclic esters (lactones) is 1. The van der Waals surface area contributed by atoms with Crippen LogP contribution in [0.3, 0.4) is 0 Å². The number of hydrogen-bond acceptors (Lipinski definition) is 4. The molecule has 0 aromatic carbocycles. The lowest BCUT2D eigenvalue weighted by Crippen LogP contribution is -2.21. The zero-order chi connectivity index (χ0) is 12.7. The Kier molecular flexibility index (Phi) is 5.36. The molecule has 1 heterocycles. The van der Waals surface area contributed by atoms with E-state index in [2.05, 4.69) is 11.6 Å². The molecule has 0 bridgehead atoms. The van der Waals surface area contributed by atoms with Crippen molar-refractivity contribution in [1.82, 2.24) is 0 Å². The lowest BCUT2D eigenvalue weighted by atomic mass is 10.2. The maximum absolute atomic E-state index is 11.0. The molecule has 0 aliphatic carbocycles. The zero-order valence-corrected chi connectivity index (χ0v) is 10.1. The molecule has 4 heteroatoms. The lowest BCUT2D eigenvalue weighted by molar-refractivity contribution is -0.132. The second-order valence-corrected chi connectivity index (χ2v) is 3.55. The number of ether oxygens (including phenoxy) is 2. The van der Waals surface area contributed by atoms with Gasteiger partial charge in [-0.05, 0) is 19.9 Å². The molecule has 0 amide bonds. The molecule has 1 aliphatic rings. The van der Waals surface area contributed by atoms with Crippen LogP contribution in [-0.4, -0.2) is 30.9 Å². The monoisotopic (exact) mass is 235 g/mol. The first-order valence-electron chi connectivity index (χ1n) is 5.49. The number of esters is 1. The van der Waals surface area contributed by atoms with Crippen LogP contribution < -0.4 is 0 Å². The van der Waals surface area contributed by atoms with E-state index in [9.17, 15) is 4.79 Å². The second kappa shape index (κ2) is 6.81. The summed E-state index contributed by atoms with van der Waals surface area (Å²) in [5.74, 6) is 0.114. The molecule has 1 rings (SSSR count). The zero-order valence-electron chi connectivity index (χ0n) is 10.1. The van der Waals surface area contributed by atoms with Gasteiger partial charge in [0, 0.05) is 0 Å². The van der Waals surface area contributed by atoms with Gasteiger partial charge in [0.05, 0.1) is 12.7 Å². The Hall–Kier alpha value is -1.68. The number of rotatable bonds is 5. The fraction of sp³-hybridized carbons (Fsp3) is 0.385. The van der Waals surface area contributed by atoms with Gasteiger partial charge in [-0.25, -0.2) is 4.79 Å². The highest BCUT2D eigenvalue weighted by Gasteiger charge is 2.18. The standard InChI is InChI=1S/C13H17NO3/c1-4-8-16-10(3)6-7-11-12(5-2)17-13(15)9-14-11/h4-7,9-11H,1,8H2,2-3H3/b7-6-,12-5+. The molecule has 2 atom stereocenters. The minimum Gasteiger partial charge on any atom is -0.424 e. The summed E-state index contributed by atoms with van der Waals surface area (Å²) in [5.41, 5.74) is 0. The molecule has 0 saturated heterocycles. The van der Waals surface area contributed by atoms with Gasteiger partial charge in [0.25, 0.3) is 0 Å². The van der Waals surface area contributed by atoms with Crippen molar-refractivity contribution in [1.29, 1.82) is 0 Å².